The molecule has 2 unspecified atom stereocenters. The van der Waals surface area contributed by atoms with Crippen molar-refractivity contribution in [2.75, 3.05) is 13.2 Å². The van der Waals surface area contributed by atoms with Crippen LogP contribution in [0.1, 0.15) is 53.4 Å². The number of nitrogens with one attached hydrogen (secondary N) is 1. The van der Waals surface area contributed by atoms with Gasteiger partial charge in [-0.3, -0.25) is 0 Å². The predicted octanol–water partition coefficient (Wildman–Crippen LogP) is 2.81. The lowest BCUT2D eigenvalue weighted by Crippen LogP contribution is -2.30. The molecule has 0 fully saturated rings. The van der Waals surface area contributed by atoms with Gasteiger partial charge in [0.15, 0.2) is 0 Å². The number of hydrogen-bond acceptors (Lipinski definition) is 2. The van der Waals surface area contributed by atoms with Crippen LogP contribution in [0.25, 0.3) is 0 Å². The minimum absolute atomic E-state index is 0.310. The van der Waals surface area contributed by atoms with Crippen molar-refractivity contribution in [2.45, 2.75) is 59.4 Å². The molecule has 0 saturated carbocycles. The molecule has 0 aromatic rings. The maximum Gasteiger partial charge on any atom is 0.0434 e. The summed E-state index contributed by atoms with van der Waals surface area (Å²) in [4.78, 5) is 0. The van der Waals surface area contributed by atoms with E-state index in [2.05, 4.69) is 33.0 Å². The first-order valence-electron chi connectivity index (χ1n) is 6.40. The molecule has 2 atom stereocenters. The second-order valence-corrected chi connectivity index (χ2v) is 5.25. The molecule has 0 saturated heterocycles. The first-order chi connectivity index (χ1) is 7.06. The van der Waals surface area contributed by atoms with Crippen LogP contribution >= 0.6 is 0 Å². The zero-order chi connectivity index (χ0) is 11.7. The van der Waals surface area contributed by atoms with Crippen LogP contribution in [0.15, 0.2) is 0 Å². The van der Waals surface area contributed by atoms with E-state index >= 15 is 0 Å². The standard InChI is InChI=1S/C13H29NO/c1-11(2)6-5-7-13(4)14-10-12(3)8-9-15/h11-15H,5-10H2,1-4H3. The van der Waals surface area contributed by atoms with Gasteiger partial charge in [-0.15, -0.1) is 0 Å². The third-order valence-electron chi connectivity index (χ3n) is 2.86. The number of rotatable bonds is 9. The molecule has 0 spiro atoms. The first kappa shape index (κ1) is 14.9. The summed E-state index contributed by atoms with van der Waals surface area (Å²) in [6.45, 7) is 10.3. The molecule has 0 aliphatic carbocycles. The average molecular weight is 215 g/mol. The molecule has 0 aromatic heterocycles. The molecule has 2 nitrogen and oxygen atoms in total. The van der Waals surface area contributed by atoms with E-state index in [9.17, 15) is 0 Å². The molecule has 0 rings (SSSR count). The molecule has 0 radical (unpaired) electrons. The highest BCUT2D eigenvalue weighted by Crippen LogP contribution is 2.08. The second kappa shape index (κ2) is 9.17. The van der Waals surface area contributed by atoms with E-state index in [4.69, 9.17) is 5.11 Å². The molecule has 0 amide bonds. The number of aliphatic hydroxyl groups is 1. The SMILES string of the molecule is CC(C)CCCC(C)NCC(C)CCO. The van der Waals surface area contributed by atoms with Crippen LogP contribution in [0.5, 0.6) is 0 Å². The molecular weight excluding hydrogens is 186 g/mol. The van der Waals surface area contributed by atoms with Gasteiger partial charge in [0, 0.05) is 12.6 Å². The molecule has 0 aliphatic rings. The van der Waals surface area contributed by atoms with Crippen LogP contribution in [0.2, 0.25) is 0 Å². The van der Waals surface area contributed by atoms with E-state index in [-0.39, 0.29) is 0 Å². The topological polar surface area (TPSA) is 32.3 Å². The van der Waals surface area contributed by atoms with E-state index < -0.39 is 0 Å². The van der Waals surface area contributed by atoms with Crippen LogP contribution in [-0.2, 0) is 0 Å². The van der Waals surface area contributed by atoms with Crippen molar-refractivity contribution in [3.63, 3.8) is 0 Å². The molecule has 0 aromatic carbocycles. The molecule has 0 bridgehead atoms. The highest BCUT2D eigenvalue weighted by atomic mass is 16.3. The van der Waals surface area contributed by atoms with Gasteiger partial charge in [0.25, 0.3) is 0 Å². The maximum atomic E-state index is 8.78. The normalized spacial score (nSPS) is 15.6. The molecule has 2 heteroatoms. The van der Waals surface area contributed by atoms with Gasteiger partial charge in [0.1, 0.15) is 0 Å². The molecule has 2 N–H and O–H groups in total. The van der Waals surface area contributed by atoms with Gasteiger partial charge in [0.05, 0.1) is 0 Å². The van der Waals surface area contributed by atoms with E-state index in [1.54, 1.807) is 0 Å². The summed E-state index contributed by atoms with van der Waals surface area (Å²) in [5.41, 5.74) is 0. The van der Waals surface area contributed by atoms with Crippen LogP contribution < -0.4 is 5.32 Å². The number of hydrogen-bond donors (Lipinski definition) is 2. The van der Waals surface area contributed by atoms with Crippen molar-refractivity contribution < 1.29 is 5.11 Å². The van der Waals surface area contributed by atoms with Gasteiger partial charge in [-0.05, 0) is 38.1 Å². The van der Waals surface area contributed by atoms with E-state index in [1.807, 2.05) is 0 Å². The average Bonchev–Trinajstić information content (AvgIpc) is 2.14. The Kier molecular flexibility index (Phi) is 9.12. The molecule has 0 heterocycles. The van der Waals surface area contributed by atoms with Crippen molar-refractivity contribution in [3.8, 4) is 0 Å². The zero-order valence-corrected chi connectivity index (χ0v) is 10.9. The van der Waals surface area contributed by atoms with Gasteiger partial charge in [-0.2, -0.15) is 0 Å². The van der Waals surface area contributed by atoms with Crippen LogP contribution in [0.4, 0.5) is 0 Å². The summed E-state index contributed by atoms with van der Waals surface area (Å²) in [5, 5.41) is 12.3. The molecule has 92 valence electrons. The highest BCUT2D eigenvalue weighted by Gasteiger charge is 2.05. The Hall–Kier alpha value is -0.0800. The van der Waals surface area contributed by atoms with Gasteiger partial charge in [-0.25, -0.2) is 0 Å². The van der Waals surface area contributed by atoms with Crippen molar-refractivity contribution in [3.05, 3.63) is 0 Å². The third kappa shape index (κ3) is 10.2. The summed E-state index contributed by atoms with van der Waals surface area (Å²) >= 11 is 0. The maximum absolute atomic E-state index is 8.78. The van der Waals surface area contributed by atoms with Gasteiger partial charge < -0.3 is 10.4 Å². The lowest BCUT2D eigenvalue weighted by molar-refractivity contribution is 0.257. The zero-order valence-electron chi connectivity index (χ0n) is 10.9. The quantitative estimate of drug-likeness (QED) is 0.620. The minimum atomic E-state index is 0.310. The molecular formula is C13H29NO. The largest absolute Gasteiger partial charge is 0.396 e. The Balaban J connectivity index is 3.36. The van der Waals surface area contributed by atoms with Crippen molar-refractivity contribution in [1.29, 1.82) is 0 Å². The predicted molar refractivity (Wildman–Crippen MR) is 67.0 cm³/mol. The number of aliphatic hydroxyl groups excluding tert-OH is 1. The van der Waals surface area contributed by atoms with Crippen LogP contribution in [0, 0.1) is 11.8 Å². The van der Waals surface area contributed by atoms with Gasteiger partial charge in [-0.1, -0.05) is 33.6 Å². The fourth-order valence-electron chi connectivity index (χ4n) is 1.66. The second-order valence-electron chi connectivity index (χ2n) is 5.25. The molecule has 15 heavy (non-hydrogen) atoms. The van der Waals surface area contributed by atoms with E-state index in [1.165, 1.54) is 19.3 Å². The van der Waals surface area contributed by atoms with E-state index in [0.717, 1.165) is 18.9 Å². The highest BCUT2D eigenvalue weighted by molar-refractivity contribution is 4.64. The Morgan fingerprint density at radius 2 is 1.67 bits per heavy atom. The van der Waals surface area contributed by atoms with Crippen molar-refractivity contribution >= 4 is 0 Å². The third-order valence-corrected chi connectivity index (χ3v) is 2.86. The summed E-state index contributed by atoms with van der Waals surface area (Å²) in [6, 6.07) is 0.616. The van der Waals surface area contributed by atoms with Crippen molar-refractivity contribution in [2.24, 2.45) is 11.8 Å². The minimum Gasteiger partial charge on any atom is -0.396 e. The lowest BCUT2D eigenvalue weighted by atomic mass is 10.0. The van der Waals surface area contributed by atoms with Gasteiger partial charge >= 0.3 is 0 Å². The molecule has 0 aliphatic heterocycles. The first-order valence-corrected chi connectivity index (χ1v) is 6.40. The van der Waals surface area contributed by atoms with E-state index in [0.29, 0.717) is 18.6 Å². The monoisotopic (exact) mass is 215 g/mol. The van der Waals surface area contributed by atoms with Gasteiger partial charge in [0.2, 0.25) is 0 Å². The Labute approximate surface area is 95.5 Å². The smallest absolute Gasteiger partial charge is 0.0434 e. The summed E-state index contributed by atoms with van der Waals surface area (Å²) in [6.07, 6.45) is 4.83. The summed E-state index contributed by atoms with van der Waals surface area (Å²) < 4.78 is 0. The van der Waals surface area contributed by atoms with Crippen LogP contribution in [0.3, 0.4) is 0 Å². The lowest BCUT2D eigenvalue weighted by Gasteiger charge is -2.17. The fourth-order valence-corrected chi connectivity index (χ4v) is 1.66. The summed E-state index contributed by atoms with van der Waals surface area (Å²) in [7, 11) is 0. The van der Waals surface area contributed by atoms with Crippen molar-refractivity contribution in [1.82, 2.24) is 5.32 Å². The summed E-state index contributed by atoms with van der Waals surface area (Å²) in [5.74, 6) is 1.41. The van der Waals surface area contributed by atoms with Crippen LogP contribution in [-0.4, -0.2) is 24.3 Å². The Bertz CT molecular complexity index is 136. The fraction of sp³-hybridized carbons (Fsp3) is 1.00. The Morgan fingerprint density at radius 1 is 1.00 bits per heavy atom. The Morgan fingerprint density at radius 3 is 2.20 bits per heavy atom.